The topological polar surface area (TPSA) is 36.3 Å². The van der Waals surface area contributed by atoms with Crippen molar-refractivity contribution in [1.82, 2.24) is 9.55 Å². The molecule has 0 bridgehead atoms. The minimum atomic E-state index is 0.139. The number of imidazole rings is 1. The van der Waals surface area contributed by atoms with Crippen molar-refractivity contribution in [1.29, 1.82) is 0 Å². The Bertz CT molecular complexity index is 1140. The minimum absolute atomic E-state index is 0.139. The predicted molar refractivity (Wildman–Crippen MR) is 126 cm³/mol. The van der Waals surface area contributed by atoms with Crippen LogP contribution in [-0.4, -0.2) is 16.2 Å². The highest BCUT2D eigenvalue weighted by atomic mass is 16.5. The summed E-state index contributed by atoms with van der Waals surface area (Å²) in [7, 11) is 0. The number of hydrogen-bond donors (Lipinski definition) is 0. The number of hydrogen-bond acceptors (Lipinski definition) is 3. The van der Waals surface area contributed by atoms with Gasteiger partial charge in [0, 0.05) is 0 Å². The van der Waals surface area contributed by atoms with Crippen molar-refractivity contribution in [3.63, 3.8) is 0 Å². The van der Waals surface area contributed by atoms with E-state index in [0.717, 1.165) is 28.4 Å². The average molecular weight is 415 g/mol. The van der Waals surface area contributed by atoms with Gasteiger partial charge in [-0.1, -0.05) is 62.7 Å². The molecule has 0 amide bonds. The number of para-hydroxylation sites is 2. The molecule has 4 rings (SSSR count). The van der Waals surface area contributed by atoms with Crippen LogP contribution in [0.1, 0.15) is 37.7 Å². The van der Waals surface area contributed by atoms with Crippen LogP contribution < -0.4 is 9.47 Å². The third kappa shape index (κ3) is 5.08. The molecule has 0 N–H and O–H groups in total. The van der Waals surface area contributed by atoms with Crippen LogP contribution in [0, 0.1) is 6.92 Å². The maximum absolute atomic E-state index is 6.04. The number of ether oxygens (including phenoxy) is 2. The summed E-state index contributed by atoms with van der Waals surface area (Å²) in [6, 6.07) is 24.7. The first-order valence-electron chi connectivity index (χ1n) is 10.8. The second kappa shape index (κ2) is 8.84. The van der Waals surface area contributed by atoms with Gasteiger partial charge in [0.15, 0.2) is 0 Å². The summed E-state index contributed by atoms with van der Waals surface area (Å²) >= 11 is 0. The summed E-state index contributed by atoms with van der Waals surface area (Å²) in [5.74, 6) is 2.63. The van der Waals surface area contributed by atoms with Gasteiger partial charge in [-0.05, 0) is 54.3 Å². The first-order chi connectivity index (χ1) is 14.9. The highest BCUT2D eigenvalue weighted by Crippen LogP contribution is 2.24. The molecule has 0 aliphatic carbocycles. The van der Waals surface area contributed by atoms with E-state index in [0.29, 0.717) is 19.8 Å². The number of aryl methyl sites for hydroxylation is 1. The fraction of sp³-hybridized carbons (Fsp3) is 0.296. The molecule has 1 heterocycles. The molecule has 4 heteroatoms. The fourth-order valence-electron chi connectivity index (χ4n) is 3.57. The summed E-state index contributed by atoms with van der Waals surface area (Å²) in [6.45, 7) is 10.4. The van der Waals surface area contributed by atoms with Gasteiger partial charge in [-0.15, -0.1) is 0 Å². The first-order valence-corrected chi connectivity index (χ1v) is 10.8. The summed E-state index contributed by atoms with van der Waals surface area (Å²) in [5, 5.41) is 0. The monoisotopic (exact) mass is 414 g/mol. The molecule has 3 aromatic carbocycles. The van der Waals surface area contributed by atoms with Gasteiger partial charge in [-0.2, -0.15) is 0 Å². The van der Waals surface area contributed by atoms with Crippen molar-refractivity contribution in [2.45, 2.75) is 46.3 Å². The molecule has 0 fully saturated rings. The maximum Gasteiger partial charge on any atom is 0.148 e. The number of nitrogens with zero attached hydrogens (tertiary/aromatic N) is 2. The van der Waals surface area contributed by atoms with E-state index >= 15 is 0 Å². The molecule has 1 aromatic heterocycles. The SMILES string of the molecule is Cc1ccc(OCc2nc3ccccc3n2CCOc2ccc(C(C)(C)C)cc2)cc1. The zero-order valence-electron chi connectivity index (χ0n) is 18.8. The standard InChI is InChI=1S/C27H30N2O2/c1-20-9-13-23(14-10-20)31-19-26-28-24-7-5-6-8-25(24)29(26)17-18-30-22-15-11-21(12-16-22)27(2,3)4/h5-16H,17-19H2,1-4H3. The quantitative estimate of drug-likeness (QED) is 0.356. The minimum Gasteiger partial charge on any atom is -0.492 e. The lowest BCUT2D eigenvalue weighted by Crippen LogP contribution is -2.13. The molecule has 0 saturated heterocycles. The lowest BCUT2D eigenvalue weighted by molar-refractivity contribution is 0.272. The molecule has 0 atom stereocenters. The third-order valence-electron chi connectivity index (χ3n) is 5.43. The van der Waals surface area contributed by atoms with E-state index < -0.39 is 0 Å². The van der Waals surface area contributed by atoms with E-state index in [2.05, 4.69) is 62.6 Å². The molecule has 4 nitrogen and oxygen atoms in total. The number of rotatable bonds is 7. The molecule has 0 saturated carbocycles. The highest BCUT2D eigenvalue weighted by Gasteiger charge is 2.14. The molecular weight excluding hydrogens is 384 g/mol. The highest BCUT2D eigenvalue weighted by molar-refractivity contribution is 5.75. The van der Waals surface area contributed by atoms with Gasteiger partial charge in [-0.3, -0.25) is 0 Å². The van der Waals surface area contributed by atoms with Crippen LogP contribution >= 0.6 is 0 Å². The zero-order valence-corrected chi connectivity index (χ0v) is 18.8. The van der Waals surface area contributed by atoms with E-state index in [1.165, 1.54) is 11.1 Å². The molecule has 31 heavy (non-hydrogen) atoms. The first kappa shape index (κ1) is 21.0. The zero-order chi connectivity index (χ0) is 21.8. The second-order valence-corrected chi connectivity index (χ2v) is 8.89. The Balaban J connectivity index is 1.46. The van der Waals surface area contributed by atoms with Gasteiger partial charge in [0.2, 0.25) is 0 Å². The molecule has 0 aliphatic rings. The third-order valence-corrected chi connectivity index (χ3v) is 5.43. The van der Waals surface area contributed by atoms with E-state index in [1.807, 2.05) is 42.5 Å². The normalized spacial score (nSPS) is 11.6. The maximum atomic E-state index is 6.04. The second-order valence-electron chi connectivity index (χ2n) is 8.89. The van der Waals surface area contributed by atoms with E-state index in [-0.39, 0.29) is 5.41 Å². The average Bonchev–Trinajstić information content (AvgIpc) is 3.11. The van der Waals surface area contributed by atoms with Gasteiger partial charge < -0.3 is 14.0 Å². The predicted octanol–water partition coefficient (Wildman–Crippen LogP) is 6.30. The molecule has 0 unspecified atom stereocenters. The summed E-state index contributed by atoms with van der Waals surface area (Å²) in [5.41, 5.74) is 4.72. The van der Waals surface area contributed by atoms with Crippen LogP contribution in [0.4, 0.5) is 0 Å². The van der Waals surface area contributed by atoms with Gasteiger partial charge in [0.1, 0.15) is 30.5 Å². The molecule has 0 aliphatic heterocycles. The Kier molecular flexibility index (Phi) is 5.99. The Morgan fingerprint density at radius 1 is 0.806 bits per heavy atom. The van der Waals surface area contributed by atoms with Crippen LogP contribution in [0.3, 0.4) is 0 Å². The van der Waals surface area contributed by atoms with Crippen LogP contribution in [0.2, 0.25) is 0 Å². The number of benzene rings is 3. The van der Waals surface area contributed by atoms with Crippen molar-refractivity contribution in [2.75, 3.05) is 6.61 Å². The van der Waals surface area contributed by atoms with Crippen molar-refractivity contribution < 1.29 is 9.47 Å². The van der Waals surface area contributed by atoms with Crippen molar-refractivity contribution in [3.8, 4) is 11.5 Å². The Labute approximate surface area is 184 Å². The van der Waals surface area contributed by atoms with E-state index in [9.17, 15) is 0 Å². The van der Waals surface area contributed by atoms with Gasteiger partial charge >= 0.3 is 0 Å². The number of fused-ring (bicyclic) bond motifs is 1. The lowest BCUT2D eigenvalue weighted by Gasteiger charge is -2.19. The van der Waals surface area contributed by atoms with Crippen molar-refractivity contribution in [3.05, 3.63) is 89.7 Å². The van der Waals surface area contributed by atoms with Crippen LogP contribution in [0.15, 0.2) is 72.8 Å². The van der Waals surface area contributed by atoms with E-state index in [1.54, 1.807) is 0 Å². The van der Waals surface area contributed by atoms with Crippen molar-refractivity contribution in [2.24, 2.45) is 0 Å². The summed E-state index contributed by atoms with van der Waals surface area (Å²) < 4.78 is 14.2. The van der Waals surface area contributed by atoms with Gasteiger partial charge in [-0.25, -0.2) is 4.98 Å². The van der Waals surface area contributed by atoms with Gasteiger partial charge in [0.05, 0.1) is 17.6 Å². The number of aromatic nitrogens is 2. The Hall–Kier alpha value is -3.27. The smallest absolute Gasteiger partial charge is 0.148 e. The molecule has 160 valence electrons. The lowest BCUT2D eigenvalue weighted by atomic mass is 9.87. The Morgan fingerprint density at radius 2 is 1.45 bits per heavy atom. The molecule has 4 aromatic rings. The van der Waals surface area contributed by atoms with E-state index in [4.69, 9.17) is 14.5 Å². The molecule has 0 radical (unpaired) electrons. The summed E-state index contributed by atoms with van der Waals surface area (Å²) in [4.78, 5) is 4.79. The van der Waals surface area contributed by atoms with Crippen LogP contribution in [0.5, 0.6) is 11.5 Å². The van der Waals surface area contributed by atoms with Crippen molar-refractivity contribution >= 4 is 11.0 Å². The van der Waals surface area contributed by atoms with Gasteiger partial charge in [0.25, 0.3) is 0 Å². The fourth-order valence-corrected chi connectivity index (χ4v) is 3.57. The molecule has 0 spiro atoms. The van der Waals surface area contributed by atoms with Crippen LogP contribution in [-0.2, 0) is 18.6 Å². The largest absolute Gasteiger partial charge is 0.492 e. The summed E-state index contributed by atoms with van der Waals surface area (Å²) in [6.07, 6.45) is 0. The van der Waals surface area contributed by atoms with Crippen LogP contribution in [0.25, 0.3) is 11.0 Å². The Morgan fingerprint density at radius 3 is 2.16 bits per heavy atom. The molecular formula is C27H30N2O2.